The first-order valence-electron chi connectivity index (χ1n) is 11.5. The lowest BCUT2D eigenvalue weighted by Gasteiger charge is -2.31. The summed E-state index contributed by atoms with van der Waals surface area (Å²) in [6.07, 6.45) is -8.55. The van der Waals surface area contributed by atoms with E-state index >= 15 is 0 Å². The molecule has 1 unspecified atom stereocenters. The van der Waals surface area contributed by atoms with Gasteiger partial charge in [-0.05, 0) is 53.2 Å². The number of halogens is 6. The van der Waals surface area contributed by atoms with E-state index in [4.69, 9.17) is 10.1 Å². The molecule has 0 aliphatic carbocycles. The molecule has 4 rings (SSSR count). The molecule has 212 valence electrons. The van der Waals surface area contributed by atoms with Gasteiger partial charge in [0, 0.05) is 30.6 Å². The van der Waals surface area contributed by atoms with Crippen LogP contribution in [0.1, 0.15) is 27.8 Å². The normalized spacial score (nSPS) is 19.1. The van der Waals surface area contributed by atoms with Crippen LogP contribution in [0.15, 0.2) is 46.3 Å². The molecule has 0 spiro atoms. The van der Waals surface area contributed by atoms with E-state index in [0.29, 0.717) is 23.3 Å². The monoisotopic (exact) mass is 586 g/mol. The van der Waals surface area contributed by atoms with Crippen molar-refractivity contribution in [1.29, 1.82) is 5.41 Å². The van der Waals surface area contributed by atoms with Crippen molar-refractivity contribution in [3.63, 3.8) is 0 Å². The van der Waals surface area contributed by atoms with Gasteiger partial charge in [0.15, 0.2) is 11.3 Å². The van der Waals surface area contributed by atoms with Crippen LogP contribution in [-0.2, 0) is 33.2 Å². The van der Waals surface area contributed by atoms with Crippen LogP contribution in [0.2, 0.25) is 0 Å². The van der Waals surface area contributed by atoms with E-state index in [0.717, 1.165) is 24.0 Å². The molecule has 0 saturated carbocycles. The van der Waals surface area contributed by atoms with E-state index in [1.54, 1.807) is 11.0 Å². The molecule has 1 fully saturated rings. The number of amides is 1. The van der Waals surface area contributed by atoms with Gasteiger partial charge in [-0.3, -0.25) is 4.79 Å². The van der Waals surface area contributed by atoms with Gasteiger partial charge in [-0.1, -0.05) is 12.1 Å². The highest BCUT2D eigenvalue weighted by atomic mass is 32.2. The average Bonchev–Trinajstić information content (AvgIpc) is 3.26. The van der Waals surface area contributed by atoms with Gasteiger partial charge in [-0.25, -0.2) is 4.79 Å². The fraction of sp³-hybridized carbons (Fsp3) is 0.280. The fourth-order valence-corrected chi connectivity index (χ4v) is 4.92. The SMILES string of the molecule is N=Cc1cc(/C=C2\SC(N3CCOC(C(=O)O)C3)=NC2=O)ccc1NCc1ccc(C(F)(F)F)cc1C(F)(F)F. The van der Waals surface area contributed by atoms with E-state index < -0.39 is 53.6 Å². The predicted molar refractivity (Wildman–Crippen MR) is 135 cm³/mol. The second-order valence-electron chi connectivity index (χ2n) is 8.67. The second-order valence-corrected chi connectivity index (χ2v) is 9.67. The molecular formula is C25H20F6N4O4S. The van der Waals surface area contributed by atoms with Crippen molar-refractivity contribution < 1.29 is 45.8 Å². The molecule has 3 N–H and O–H groups in total. The number of rotatable bonds is 6. The van der Waals surface area contributed by atoms with Gasteiger partial charge in [-0.2, -0.15) is 31.3 Å². The number of aliphatic carboxylic acids is 1. The van der Waals surface area contributed by atoms with Crippen molar-refractivity contribution in [3.8, 4) is 0 Å². The van der Waals surface area contributed by atoms with Crippen LogP contribution in [0, 0.1) is 5.41 Å². The topological polar surface area (TPSA) is 115 Å². The maximum absolute atomic E-state index is 13.5. The van der Waals surface area contributed by atoms with Crippen LogP contribution in [0.5, 0.6) is 0 Å². The van der Waals surface area contributed by atoms with Crippen molar-refractivity contribution in [1.82, 2.24) is 4.90 Å². The average molecular weight is 587 g/mol. The lowest BCUT2D eigenvalue weighted by Crippen LogP contribution is -2.47. The lowest BCUT2D eigenvalue weighted by molar-refractivity contribution is -0.154. The third-order valence-corrected chi connectivity index (χ3v) is 7.01. The summed E-state index contributed by atoms with van der Waals surface area (Å²) in [6.45, 7) is 0.0626. The summed E-state index contributed by atoms with van der Waals surface area (Å²) in [5.74, 6) is -1.67. The second kappa shape index (κ2) is 11.3. The van der Waals surface area contributed by atoms with E-state index in [9.17, 15) is 41.0 Å². The molecule has 15 heteroatoms. The molecule has 0 radical (unpaired) electrons. The van der Waals surface area contributed by atoms with Gasteiger partial charge in [0.1, 0.15) is 0 Å². The minimum absolute atomic E-state index is 0.0228. The number of nitrogens with zero attached hydrogens (tertiary/aromatic N) is 2. The lowest BCUT2D eigenvalue weighted by atomic mass is 10.0. The Bertz CT molecular complexity index is 1410. The maximum Gasteiger partial charge on any atom is 0.416 e. The number of carbonyl (C=O) groups excluding carboxylic acids is 1. The van der Waals surface area contributed by atoms with Gasteiger partial charge < -0.3 is 25.5 Å². The largest absolute Gasteiger partial charge is 0.479 e. The smallest absolute Gasteiger partial charge is 0.416 e. The number of carbonyl (C=O) groups is 2. The molecule has 0 bridgehead atoms. The molecule has 8 nitrogen and oxygen atoms in total. The molecule has 0 aromatic heterocycles. The summed E-state index contributed by atoms with van der Waals surface area (Å²) in [5, 5.41) is 19.9. The van der Waals surface area contributed by atoms with Crippen molar-refractivity contribution in [2.75, 3.05) is 25.0 Å². The molecule has 1 saturated heterocycles. The highest BCUT2D eigenvalue weighted by molar-refractivity contribution is 8.18. The number of morpholine rings is 1. The summed E-state index contributed by atoms with van der Waals surface area (Å²) in [6, 6.07) is 5.91. The van der Waals surface area contributed by atoms with Gasteiger partial charge in [0.2, 0.25) is 0 Å². The molecule has 2 aromatic carbocycles. The third kappa shape index (κ3) is 6.65. The molecule has 2 aliphatic rings. The molecular weight excluding hydrogens is 566 g/mol. The Morgan fingerprint density at radius 1 is 1.18 bits per heavy atom. The van der Waals surface area contributed by atoms with Gasteiger partial charge in [0.25, 0.3) is 5.91 Å². The highest BCUT2D eigenvalue weighted by Gasteiger charge is 2.38. The number of aliphatic imine (C=N–C) groups is 1. The Balaban J connectivity index is 1.49. The Labute approximate surface area is 227 Å². The standard InChI is InChI=1S/C25H20F6N4O4S/c26-24(27,28)16-3-2-14(17(9-16)25(29,30)31)11-33-18-4-1-13(7-15(18)10-32)8-20-21(36)34-23(40-20)35-5-6-39-19(12-35)22(37)38/h1-4,7-10,19,32-33H,5-6,11-12H2,(H,37,38)/b20-8-,32-10?. The summed E-state index contributed by atoms with van der Waals surface area (Å²) >= 11 is 1.05. The van der Waals surface area contributed by atoms with E-state index in [-0.39, 0.29) is 35.4 Å². The number of thioether (sulfide) groups is 1. The molecule has 1 atom stereocenters. The van der Waals surface area contributed by atoms with Crippen molar-refractivity contribution in [3.05, 3.63) is 69.1 Å². The number of ether oxygens (including phenoxy) is 1. The summed E-state index contributed by atoms with van der Waals surface area (Å²) in [4.78, 5) is 29.5. The van der Waals surface area contributed by atoms with Gasteiger partial charge in [0.05, 0.1) is 29.2 Å². The van der Waals surface area contributed by atoms with Crippen LogP contribution >= 0.6 is 11.8 Å². The van der Waals surface area contributed by atoms with Crippen molar-refractivity contribution in [2.24, 2.45) is 4.99 Å². The highest BCUT2D eigenvalue weighted by Crippen LogP contribution is 2.38. The first-order chi connectivity index (χ1) is 18.8. The van der Waals surface area contributed by atoms with Gasteiger partial charge >= 0.3 is 18.3 Å². The number of hydrogen-bond donors (Lipinski definition) is 3. The molecule has 1 amide bonds. The zero-order valence-electron chi connectivity index (χ0n) is 20.3. The number of benzene rings is 2. The van der Waals surface area contributed by atoms with E-state index in [2.05, 4.69) is 10.3 Å². The third-order valence-electron chi connectivity index (χ3n) is 5.96. The van der Waals surface area contributed by atoms with Crippen LogP contribution in [0.3, 0.4) is 0 Å². The minimum atomic E-state index is -5.01. The summed E-state index contributed by atoms with van der Waals surface area (Å²) in [7, 11) is 0. The van der Waals surface area contributed by atoms with E-state index in [1.807, 2.05) is 0 Å². The Morgan fingerprint density at radius 3 is 2.58 bits per heavy atom. The number of hydrogen-bond acceptors (Lipinski definition) is 7. The van der Waals surface area contributed by atoms with Crippen LogP contribution in [-0.4, -0.2) is 59.1 Å². The number of nitrogens with one attached hydrogen (secondary N) is 2. The zero-order valence-corrected chi connectivity index (χ0v) is 21.1. The Hall–Kier alpha value is -3.85. The number of carboxylic acids is 1. The maximum atomic E-state index is 13.5. The number of anilines is 1. The van der Waals surface area contributed by atoms with Crippen molar-refractivity contribution in [2.45, 2.75) is 25.0 Å². The number of alkyl halides is 6. The van der Waals surface area contributed by atoms with Gasteiger partial charge in [-0.15, -0.1) is 0 Å². The Kier molecular flexibility index (Phi) is 8.25. The first kappa shape index (κ1) is 29.1. The number of carboxylic acid groups (broad SMARTS) is 1. The first-order valence-corrected chi connectivity index (χ1v) is 12.4. The van der Waals surface area contributed by atoms with Crippen molar-refractivity contribution >= 4 is 46.8 Å². The Morgan fingerprint density at radius 2 is 1.93 bits per heavy atom. The minimum Gasteiger partial charge on any atom is -0.479 e. The fourth-order valence-electron chi connectivity index (χ4n) is 3.97. The summed E-state index contributed by atoms with van der Waals surface area (Å²) < 4.78 is 84.3. The summed E-state index contributed by atoms with van der Waals surface area (Å²) in [5.41, 5.74) is -2.26. The van der Waals surface area contributed by atoms with Crippen LogP contribution in [0.4, 0.5) is 32.0 Å². The molecule has 40 heavy (non-hydrogen) atoms. The molecule has 2 heterocycles. The molecule has 2 aliphatic heterocycles. The molecule has 2 aromatic rings. The van der Waals surface area contributed by atoms with E-state index in [1.165, 1.54) is 18.2 Å². The number of amidine groups is 1. The zero-order chi connectivity index (χ0) is 29.2. The predicted octanol–water partition coefficient (Wildman–Crippen LogP) is 5.09. The van der Waals surface area contributed by atoms with Crippen LogP contribution < -0.4 is 5.32 Å². The van der Waals surface area contributed by atoms with Crippen LogP contribution in [0.25, 0.3) is 6.08 Å². The quantitative estimate of drug-likeness (QED) is 0.246.